The Bertz CT molecular complexity index is 774. The number of rotatable bonds is 5. The Kier molecular flexibility index (Phi) is 4.19. The maximum atomic E-state index is 12.3. The molecule has 0 fully saturated rings. The van der Waals surface area contributed by atoms with E-state index < -0.39 is 0 Å². The number of nitrogens with zero attached hydrogens (tertiary/aromatic N) is 2. The molecule has 1 aromatic carbocycles. The highest BCUT2D eigenvalue weighted by Gasteiger charge is 2.07. The Morgan fingerprint density at radius 1 is 1.23 bits per heavy atom. The SMILES string of the molecule is CCCCc1ccc(NC(=O)c2ccn3cncc3c2)cc1. The molecule has 3 rings (SSSR count). The molecule has 0 aliphatic carbocycles. The van der Waals surface area contributed by atoms with Gasteiger partial charge in [-0.1, -0.05) is 25.5 Å². The summed E-state index contributed by atoms with van der Waals surface area (Å²) >= 11 is 0. The number of aryl methyl sites for hydroxylation is 1. The zero-order valence-corrected chi connectivity index (χ0v) is 12.6. The first-order chi connectivity index (χ1) is 10.8. The van der Waals surface area contributed by atoms with Gasteiger partial charge in [-0.15, -0.1) is 0 Å². The zero-order chi connectivity index (χ0) is 15.4. The summed E-state index contributed by atoms with van der Waals surface area (Å²) in [4.78, 5) is 16.3. The van der Waals surface area contributed by atoms with Crippen LogP contribution in [-0.4, -0.2) is 15.3 Å². The molecule has 0 saturated heterocycles. The van der Waals surface area contributed by atoms with Crippen molar-refractivity contribution in [3.63, 3.8) is 0 Å². The van der Waals surface area contributed by atoms with E-state index in [1.807, 2.05) is 28.8 Å². The third kappa shape index (κ3) is 3.17. The highest BCUT2D eigenvalue weighted by atomic mass is 16.1. The Hall–Kier alpha value is -2.62. The molecule has 0 saturated carbocycles. The fourth-order valence-electron chi connectivity index (χ4n) is 2.40. The van der Waals surface area contributed by atoms with Gasteiger partial charge in [0.15, 0.2) is 0 Å². The van der Waals surface area contributed by atoms with Crippen molar-refractivity contribution >= 4 is 17.1 Å². The van der Waals surface area contributed by atoms with Gasteiger partial charge < -0.3 is 9.72 Å². The first kappa shape index (κ1) is 14.3. The Labute approximate surface area is 129 Å². The predicted molar refractivity (Wildman–Crippen MR) is 88.2 cm³/mol. The Morgan fingerprint density at radius 2 is 2.05 bits per heavy atom. The molecule has 2 heterocycles. The van der Waals surface area contributed by atoms with E-state index in [0.29, 0.717) is 5.56 Å². The maximum Gasteiger partial charge on any atom is 0.255 e. The summed E-state index contributed by atoms with van der Waals surface area (Å²) in [5, 5.41) is 2.93. The molecule has 3 aromatic rings. The molecule has 0 bridgehead atoms. The summed E-state index contributed by atoms with van der Waals surface area (Å²) in [6.45, 7) is 2.19. The van der Waals surface area contributed by atoms with E-state index in [0.717, 1.165) is 17.6 Å². The van der Waals surface area contributed by atoms with Gasteiger partial charge in [0.1, 0.15) is 0 Å². The molecule has 22 heavy (non-hydrogen) atoms. The number of aromatic nitrogens is 2. The average molecular weight is 293 g/mol. The van der Waals surface area contributed by atoms with Crippen LogP contribution in [0.5, 0.6) is 0 Å². The van der Waals surface area contributed by atoms with Crippen LogP contribution in [0.25, 0.3) is 5.52 Å². The van der Waals surface area contributed by atoms with Gasteiger partial charge in [0.05, 0.1) is 18.0 Å². The summed E-state index contributed by atoms with van der Waals surface area (Å²) in [6, 6.07) is 11.7. The smallest absolute Gasteiger partial charge is 0.255 e. The fraction of sp³-hybridized carbons (Fsp3) is 0.222. The molecule has 4 heteroatoms. The number of imidazole rings is 1. The number of benzene rings is 1. The summed E-state index contributed by atoms with van der Waals surface area (Å²) in [6.07, 6.45) is 8.76. The van der Waals surface area contributed by atoms with Gasteiger partial charge in [-0.2, -0.15) is 0 Å². The van der Waals surface area contributed by atoms with E-state index in [2.05, 4.69) is 29.4 Å². The van der Waals surface area contributed by atoms with E-state index in [1.165, 1.54) is 18.4 Å². The molecule has 1 amide bonds. The first-order valence-electron chi connectivity index (χ1n) is 7.58. The second kappa shape index (κ2) is 6.43. The van der Waals surface area contributed by atoms with E-state index in [9.17, 15) is 4.79 Å². The van der Waals surface area contributed by atoms with Gasteiger partial charge in [-0.3, -0.25) is 4.79 Å². The molecular weight excluding hydrogens is 274 g/mol. The third-order valence-corrected chi connectivity index (χ3v) is 3.71. The molecule has 112 valence electrons. The maximum absolute atomic E-state index is 12.3. The Balaban J connectivity index is 1.70. The van der Waals surface area contributed by atoms with E-state index in [-0.39, 0.29) is 5.91 Å². The summed E-state index contributed by atoms with van der Waals surface area (Å²) in [7, 11) is 0. The molecular formula is C18H19N3O. The van der Waals surface area contributed by atoms with E-state index in [4.69, 9.17) is 0 Å². The first-order valence-corrected chi connectivity index (χ1v) is 7.58. The van der Waals surface area contributed by atoms with Crippen molar-refractivity contribution in [1.29, 1.82) is 0 Å². The van der Waals surface area contributed by atoms with Gasteiger partial charge in [-0.25, -0.2) is 4.98 Å². The van der Waals surface area contributed by atoms with Crippen molar-refractivity contribution in [2.24, 2.45) is 0 Å². The van der Waals surface area contributed by atoms with Gasteiger partial charge in [0.2, 0.25) is 0 Å². The number of unbranched alkanes of at least 4 members (excludes halogenated alkanes) is 1. The van der Waals surface area contributed by atoms with Gasteiger partial charge in [-0.05, 0) is 42.7 Å². The molecule has 0 unspecified atom stereocenters. The van der Waals surface area contributed by atoms with Crippen molar-refractivity contribution in [3.05, 3.63) is 66.2 Å². The van der Waals surface area contributed by atoms with Crippen LogP contribution < -0.4 is 5.32 Å². The highest BCUT2D eigenvalue weighted by molar-refractivity contribution is 6.04. The van der Waals surface area contributed by atoms with Crippen LogP contribution in [0.15, 0.2) is 55.1 Å². The van der Waals surface area contributed by atoms with Crippen LogP contribution in [0.2, 0.25) is 0 Å². The van der Waals surface area contributed by atoms with Gasteiger partial charge in [0, 0.05) is 17.4 Å². The monoisotopic (exact) mass is 293 g/mol. The number of carbonyl (C=O) groups excluding carboxylic acids is 1. The van der Waals surface area contributed by atoms with Crippen molar-refractivity contribution < 1.29 is 4.79 Å². The number of pyridine rings is 1. The molecule has 0 aliphatic heterocycles. The van der Waals surface area contributed by atoms with Crippen LogP contribution in [0.3, 0.4) is 0 Å². The normalized spacial score (nSPS) is 10.8. The van der Waals surface area contributed by atoms with Crippen LogP contribution in [-0.2, 0) is 6.42 Å². The van der Waals surface area contributed by atoms with E-state index in [1.54, 1.807) is 18.6 Å². The fourth-order valence-corrected chi connectivity index (χ4v) is 2.40. The van der Waals surface area contributed by atoms with E-state index >= 15 is 0 Å². The quantitative estimate of drug-likeness (QED) is 0.774. The lowest BCUT2D eigenvalue weighted by molar-refractivity contribution is 0.102. The van der Waals surface area contributed by atoms with Crippen molar-refractivity contribution in [2.75, 3.05) is 5.32 Å². The summed E-state index contributed by atoms with van der Waals surface area (Å²) in [5.41, 5.74) is 3.66. The Morgan fingerprint density at radius 3 is 2.82 bits per heavy atom. The standard InChI is InChI=1S/C18H19N3O/c1-2-3-4-14-5-7-16(8-6-14)20-18(22)15-9-10-21-13-19-12-17(21)11-15/h5-13H,2-4H2,1H3,(H,20,22). The molecule has 0 radical (unpaired) electrons. The largest absolute Gasteiger partial charge is 0.322 e. The minimum atomic E-state index is -0.106. The summed E-state index contributed by atoms with van der Waals surface area (Å²) < 4.78 is 1.87. The van der Waals surface area contributed by atoms with Crippen LogP contribution >= 0.6 is 0 Å². The van der Waals surface area contributed by atoms with Crippen molar-refractivity contribution in [3.8, 4) is 0 Å². The minimum Gasteiger partial charge on any atom is -0.322 e. The van der Waals surface area contributed by atoms with Crippen LogP contribution in [0.1, 0.15) is 35.7 Å². The molecule has 4 nitrogen and oxygen atoms in total. The summed E-state index contributed by atoms with van der Waals surface area (Å²) in [5.74, 6) is -0.106. The third-order valence-electron chi connectivity index (χ3n) is 3.71. The molecule has 0 spiro atoms. The lowest BCUT2D eigenvalue weighted by Gasteiger charge is -2.07. The number of hydrogen-bond donors (Lipinski definition) is 1. The van der Waals surface area contributed by atoms with Crippen molar-refractivity contribution in [1.82, 2.24) is 9.38 Å². The topological polar surface area (TPSA) is 46.4 Å². The second-order valence-corrected chi connectivity index (χ2v) is 5.40. The lowest BCUT2D eigenvalue weighted by Crippen LogP contribution is -2.12. The number of fused-ring (bicyclic) bond motifs is 1. The number of anilines is 1. The number of nitrogens with one attached hydrogen (secondary N) is 1. The van der Waals surface area contributed by atoms with Crippen LogP contribution in [0, 0.1) is 0 Å². The van der Waals surface area contributed by atoms with Crippen LogP contribution in [0.4, 0.5) is 5.69 Å². The zero-order valence-electron chi connectivity index (χ0n) is 12.6. The predicted octanol–water partition coefficient (Wildman–Crippen LogP) is 3.93. The molecule has 0 aliphatic rings. The lowest BCUT2D eigenvalue weighted by atomic mass is 10.1. The van der Waals surface area contributed by atoms with Gasteiger partial charge in [0.25, 0.3) is 5.91 Å². The van der Waals surface area contributed by atoms with Crippen molar-refractivity contribution in [2.45, 2.75) is 26.2 Å². The number of amides is 1. The molecule has 2 aromatic heterocycles. The second-order valence-electron chi connectivity index (χ2n) is 5.40. The average Bonchev–Trinajstić information content (AvgIpc) is 3.01. The minimum absolute atomic E-state index is 0.106. The number of hydrogen-bond acceptors (Lipinski definition) is 2. The highest BCUT2D eigenvalue weighted by Crippen LogP contribution is 2.14. The van der Waals surface area contributed by atoms with Gasteiger partial charge >= 0.3 is 0 Å². The molecule has 0 atom stereocenters. The number of carbonyl (C=O) groups is 1. The molecule has 1 N–H and O–H groups in total.